The Labute approximate surface area is 183 Å². The summed E-state index contributed by atoms with van der Waals surface area (Å²) in [6.07, 6.45) is 12.3. The zero-order valence-electron chi connectivity index (χ0n) is 17.7. The van der Waals surface area contributed by atoms with Crippen LogP contribution in [0.15, 0.2) is 65.9 Å². The number of aromatic nitrogens is 1. The highest BCUT2D eigenvalue weighted by atomic mass is 16.1. The van der Waals surface area contributed by atoms with Gasteiger partial charge in [-0.2, -0.15) is 5.26 Å². The maximum absolute atomic E-state index is 12.5. The monoisotopic (exact) mass is 416 g/mol. The number of carbonyl (C=O) groups is 1. The number of hydrogen-bond donors (Lipinski definition) is 3. The van der Waals surface area contributed by atoms with Crippen molar-refractivity contribution in [3.8, 4) is 6.19 Å². The summed E-state index contributed by atoms with van der Waals surface area (Å²) in [5, 5.41) is 17.8. The van der Waals surface area contributed by atoms with Crippen molar-refractivity contribution < 1.29 is 4.79 Å². The van der Waals surface area contributed by atoms with E-state index in [0.717, 1.165) is 31.2 Å². The maximum Gasteiger partial charge on any atom is 0.244 e. The minimum Gasteiger partial charge on any atom is -0.353 e. The lowest BCUT2D eigenvalue weighted by atomic mass is 9.68. The van der Waals surface area contributed by atoms with E-state index in [-0.39, 0.29) is 17.4 Å². The van der Waals surface area contributed by atoms with Crippen molar-refractivity contribution in [2.45, 2.75) is 37.1 Å². The molecule has 31 heavy (non-hydrogen) atoms. The fourth-order valence-electron chi connectivity index (χ4n) is 4.04. The van der Waals surface area contributed by atoms with Crippen molar-refractivity contribution in [3.63, 3.8) is 0 Å². The molecule has 2 aromatic rings. The lowest BCUT2D eigenvalue weighted by Crippen LogP contribution is -2.49. The van der Waals surface area contributed by atoms with Crippen molar-refractivity contribution in [1.29, 1.82) is 5.26 Å². The summed E-state index contributed by atoms with van der Waals surface area (Å²) in [5.74, 6) is 0.381. The van der Waals surface area contributed by atoms with Gasteiger partial charge in [-0.25, -0.2) is 0 Å². The van der Waals surface area contributed by atoms with Crippen LogP contribution in [0.1, 0.15) is 36.8 Å². The van der Waals surface area contributed by atoms with Crippen LogP contribution in [0.3, 0.4) is 0 Å². The Morgan fingerprint density at radius 2 is 2.03 bits per heavy atom. The first-order valence-corrected chi connectivity index (χ1v) is 10.4. The lowest BCUT2D eigenvalue weighted by molar-refractivity contribution is -0.116. The number of nitrogens with one attached hydrogen (secondary N) is 3. The first-order valence-electron chi connectivity index (χ1n) is 10.4. The second-order valence-corrected chi connectivity index (χ2v) is 7.71. The van der Waals surface area contributed by atoms with E-state index in [1.54, 1.807) is 31.6 Å². The van der Waals surface area contributed by atoms with Crippen LogP contribution in [-0.4, -0.2) is 36.5 Å². The molecule has 1 saturated carbocycles. The van der Waals surface area contributed by atoms with Crippen molar-refractivity contribution in [3.05, 3.63) is 72.1 Å². The molecule has 160 valence electrons. The molecule has 1 heterocycles. The molecule has 1 aliphatic carbocycles. The van der Waals surface area contributed by atoms with Crippen molar-refractivity contribution in [2.24, 2.45) is 4.99 Å². The summed E-state index contributed by atoms with van der Waals surface area (Å²) in [6, 6.07) is 14.4. The van der Waals surface area contributed by atoms with E-state index in [1.807, 2.05) is 36.5 Å². The Bertz CT molecular complexity index is 941. The molecule has 0 unspecified atom stereocenters. The second-order valence-electron chi connectivity index (χ2n) is 7.71. The first-order chi connectivity index (χ1) is 15.1. The molecule has 0 bridgehead atoms. The highest BCUT2D eigenvalue weighted by molar-refractivity contribution is 5.91. The number of nitriles is 1. The van der Waals surface area contributed by atoms with E-state index in [0.29, 0.717) is 12.5 Å². The third kappa shape index (κ3) is 6.16. The summed E-state index contributed by atoms with van der Waals surface area (Å²) in [7, 11) is 1.65. The van der Waals surface area contributed by atoms with Crippen LogP contribution < -0.4 is 16.0 Å². The van der Waals surface area contributed by atoms with Crippen molar-refractivity contribution in [1.82, 2.24) is 20.9 Å². The third-order valence-electron chi connectivity index (χ3n) is 5.78. The topological polar surface area (TPSA) is 102 Å². The summed E-state index contributed by atoms with van der Waals surface area (Å²) in [4.78, 5) is 20.6. The third-order valence-corrected chi connectivity index (χ3v) is 5.78. The van der Waals surface area contributed by atoms with Gasteiger partial charge in [0.25, 0.3) is 0 Å². The van der Waals surface area contributed by atoms with Crippen LogP contribution in [-0.2, 0) is 10.2 Å². The highest BCUT2D eigenvalue weighted by Crippen LogP contribution is 2.39. The Morgan fingerprint density at radius 1 is 1.26 bits per heavy atom. The normalized spacial score (nSPS) is 21.3. The molecule has 1 aromatic heterocycles. The molecule has 1 aliphatic rings. The molecule has 7 heteroatoms. The largest absolute Gasteiger partial charge is 0.353 e. The quantitative estimate of drug-likeness (QED) is 0.221. The molecule has 0 atom stereocenters. The standard InChI is InChI=1S/C24H28N6O/c1-26-23(29-18-25)30-21-11-13-24(14-12-21,20-7-3-2-4-8-20)17-28-22(31)10-9-19-6-5-15-27-16-19/h2-10,15-16,21H,11-14,17H2,1H3,(H,28,31)(H2,26,29,30)/b10-9+. The molecule has 3 N–H and O–H groups in total. The van der Waals surface area contributed by atoms with Gasteiger partial charge in [-0.15, -0.1) is 0 Å². The van der Waals surface area contributed by atoms with Gasteiger partial charge < -0.3 is 10.6 Å². The molecule has 0 spiro atoms. The molecule has 1 aromatic carbocycles. The number of hydrogen-bond acceptors (Lipinski definition) is 4. The predicted octanol–water partition coefficient (Wildman–Crippen LogP) is 2.74. The van der Waals surface area contributed by atoms with Gasteiger partial charge in [0.2, 0.25) is 11.9 Å². The van der Waals surface area contributed by atoms with E-state index in [4.69, 9.17) is 5.26 Å². The average Bonchev–Trinajstić information content (AvgIpc) is 2.83. The summed E-state index contributed by atoms with van der Waals surface area (Å²) >= 11 is 0. The molecule has 1 fully saturated rings. The van der Waals surface area contributed by atoms with Crippen LogP contribution in [0.25, 0.3) is 6.08 Å². The number of nitrogens with zero attached hydrogens (tertiary/aromatic N) is 3. The molecule has 7 nitrogen and oxygen atoms in total. The number of rotatable bonds is 6. The van der Waals surface area contributed by atoms with Crippen LogP contribution in [0, 0.1) is 11.5 Å². The zero-order valence-corrected chi connectivity index (χ0v) is 17.7. The molecular weight excluding hydrogens is 388 g/mol. The number of guanidine groups is 1. The van der Waals surface area contributed by atoms with Crippen LogP contribution in [0.4, 0.5) is 0 Å². The van der Waals surface area contributed by atoms with Crippen LogP contribution in [0.2, 0.25) is 0 Å². The molecule has 3 rings (SSSR count). The molecule has 0 saturated heterocycles. The fraction of sp³-hybridized carbons (Fsp3) is 0.333. The van der Waals surface area contributed by atoms with Crippen molar-refractivity contribution in [2.75, 3.05) is 13.6 Å². The lowest BCUT2D eigenvalue weighted by Gasteiger charge is -2.41. The summed E-state index contributed by atoms with van der Waals surface area (Å²) in [5.41, 5.74) is 2.01. The summed E-state index contributed by atoms with van der Waals surface area (Å²) in [6.45, 7) is 0.575. The smallest absolute Gasteiger partial charge is 0.244 e. The minimum atomic E-state index is -0.122. The second kappa shape index (κ2) is 10.9. The van der Waals surface area contributed by atoms with Gasteiger partial charge >= 0.3 is 0 Å². The van der Waals surface area contributed by atoms with E-state index in [2.05, 4.69) is 38.1 Å². The number of amides is 1. The maximum atomic E-state index is 12.5. The van der Waals surface area contributed by atoms with Gasteiger partial charge in [-0.3, -0.25) is 20.1 Å². The SMILES string of the molecule is CN=C(NC#N)NC1CCC(CNC(=O)/C=C/c2cccnc2)(c2ccccc2)CC1. The fourth-order valence-corrected chi connectivity index (χ4v) is 4.04. The number of aliphatic imine (C=N–C) groups is 1. The molecule has 1 amide bonds. The van der Waals surface area contributed by atoms with E-state index >= 15 is 0 Å². The Hall–Kier alpha value is -3.66. The van der Waals surface area contributed by atoms with Crippen LogP contribution in [0.5, 0.6) is 0 Å². The van der Waals surface area contributed by atoms with Gasteiger partial charge in [0.05, 0.1) is 0 Å². The van der Waals surface area contributed by atoms with Gasteiger partial charge in [0.1, 0.15) is 0 Å². The average molecular weight is 417 g/mol. The number of benzene rings is 1. The van der Waals surface area contributed by atoms with E-state index in [9.17, 15) is 4.79 Å². The predicted molar refractivity (Wildman–Crippen MR) is 122 cm³/mol. The Morgan fingerprint density at radius 3 is 2.68 bits per heavy atom. The first kappa shape index (κ1) is 22.0. The Balaban J connectivity index is 1.65. The number of pyridine rings is 1. The van der Waals surface area contributed by atoms with Gasteiger partial charge in [0.15, 0.2) is 6.19 Å². The minimum absolute atomic E-state index is 0.113. The van der Waals surface area contributed by atoms with E-state index < -0.39 is 0 Å². The molecule has 0 radical (unpaired) electrons. The summed E-state index contributed by atoms with van der Waals surface area (Å²) < 4.78 is 0. The van der Waals surface area contributed by atoms with Gasteiger partial charge in [-0.1, -0.05) is 36.4 Å². The number of carbonyl (C=O) groups excluding carboxylic acids is 1. The van der Waals surface area contributed by atoms with Gasteiger partial charge in [-0.05, 0) is 49.0 Å². The zero-order chi connectivity index (χ0) is 21.9. The molecular formula is C24H28N6O. The van der Waals surface area contributed by atoms with Gasteiger partial charge in [0, 0.05) is 43.5 Å². The Kier molecular flexibility index (Phi) is 7.77. The van der Waals surface area contributed by atoms with E-state index in [1.165, 1.54) is 5.56 Å². The highest BCUT2D eigenvalue weighted by Gasteiger charge is 2.37. The van der Waals surface area contributed by atoms with Crippen LogP contribution >= 0.6 is 0 Å². The van der Waals surface area contributed by atoms with Crippen molar-refractivity contribution >= 4 is 17.9 Å². The molecule has 0 aliphatic heterocycles.